The van der Waals surface area contributed by atoms with Gasteiger partial charge in [0.05, 0.1) is 23.4 Å². The first kappa shape index (κ1) is 29.3. The number of alkyl halides is 7. The number of nitrogens with one attached hydrogen (secondary N) is 2. The third kappa shape index (κ3) is 6.07. The summed E-state index contributed by atoms with van der Waals surface area (Å²) < 4.78 is 93.0. The molecule has 2 aromatic carbocycles. The lowest BCUT2D eigenvalue weighted by atomic mass is 9.92. The summed E-state index contributed by atoms with van der Waals surface area (Å²) in [5, 5.41) is 8.46. The summed E-state index contributed by atoms with van der Waals surface area (Å²) in [6.45, 7) is 2.69. The highest BCUT2D eigenvalue weighted by Crippen LogP contribution is 2.53. The van der Waals surface area contributed by atoms with E-state index in [4.69, 9.17) is 0 Å². The number of rotatable bonds is 7. The largest absolute Gasteiger partial charge is 0.435 e. The number of benzene rings is 2. The number of nitrogens with zero attached hydrogens (tertiary/aromatic N) is 1. The van der Waals surface area contributed by atoms with Crippen molar-refractivity contribution in [1.82, 2.24) is 5.32 Å². The van der Waals surface area contributed by atoms with Crippen molar-refractivity contribution in [2.45, 2.75) is 37.9 Å². The SMILES string of the molecule is CO/N=C/C(C)NC(=O)c1c(I)cccc1C(=O)Nc1ccc(C(F)(C(F)(F)F)C(F)(F)F)cc1C. The molecular weight excluding hydrogens is 614 g/mol. The van der Waals surface area contributed by atoms with Gasteiger partial charge in [-0.1, -0.05) is 23.4 Å². The minimum atomic E-state index is -6.27. The third-order valence-electron chi connectivity index (χ3n) is 4.89. The molecule has 0 aliphatic carbocycles. The fourth-order valence-electron chi connectivity index (χ4n) is 3.11. The van der Waals surface area contributed by atoms with E-state index in [0.717, 1.165) is 13.0 Å². The zero-order valence-electron chi connectivity index (χ0n) is 18.8. The molecule has 0 radical (unpaired) electrons. The molecule has 36 heavy (non-hydrogen) atoms. The maximum atomic E-state index is 14.3. The molecule has 0 spiro atoms. The van der Waals surface area contributed by atoms with Crippen LogP contribution in [0.15, 0.2) is 41.6 Å². The van der Waals surface area contributed by atoms with Crippen LogP contribution in [-0.4, -0.2) is 43.5 Å². The predicted octanol–water partition coefficient (Wildman–Crippen LogP) is 5.89. The van der Waals surface area contributed by atoms with Crippen molar-refractivity contribution in [3.63, 3.8) is 0 Å². The summed E-state index contributed by atoms with van der Waals surface area (Å²) in [6.07, 6.45) is -11.2. The van der Waals surface area contributed by atoms with Crippen molar-refractivity contribution >= 4 is 46.3 Å². The third-order valence-corrected chi connectivity index (χ3v) is 5.79. The lowest BCUT2D eigenvalue weighted by molar-refractivity contribution is -0.348. The number of carbonyl (C=O) groups is 2. The van der Waals surface area contributed by atoms with Crippen molar-refractivity contribution in [2.24, 2.45) is 5.16 Å². The summed E-state index contributed by atoms with van der Waals surface area (Å²) in [7, 11) is 1.31. The molecule has 1 atom stereocenters. The molecule has 6 nitrogen and oxygen atoms in total. The Balaban J connectivity index is 2.40. The van der Waals surface area contributed by atoms with Crippen molar-refractivity contribution < 1.29 is 45.2 Å². The van der Waals surface area contributed by atoms with E-state index in [1.165, 1.54) is 25.5 Å². The van der Waals surface area contributed by atoms with Crippen LogP contribution in [0.2, 0.25) is 0 Å². The molecule has 14 heteroatoms. The Labute approximate surface area is 214 Å². The minimum absolute atomic E-state index is 0.0283. The van der Waals surface area contributed by atoms with Crippen LogP contribution in [0.4, 0.5) is 36.4 Å². The highest BCUT2D eigenvalue weighted by atomic mass is 127. The van der Waals surface area contributed by atoms with Gasteiger partial charge in [-0.3, -0.25) is 9.59 Å². The van der Waals surface area contributed by atoms with Gasteiger partial charge in [0, 0.05) is 14.8 Å². The Morgan fingerprint density at radius 1 is 1.03 bits per heavy atom. The molecule has 0 aliphatic rings. The van der Waals surface area contributed by atoms with Crippen molar-refractivity contribution in [3.05, 3.63) is 62.2 Å². The Bertz CT molecular complexity index is 1150. The molecule has 0 aliphatic heterocycles. The zero-order valence-corrected chi connectivity index (χ0v) is 21.0. The second-order valence-electron chi connectivity index (χ2n) is 7.50. The van der Waals surface area contributed by atoms with Crippen LogP contribution in [0, 0.1) is 10.5 Å². The Morgan fingerprint density at radius 3 is 2.17 bits per heavy atom. The van der Waals surface area contributed by atoms with Gasteiger partial charge in [-0.25, -0.2) is 4.39 Å². The van der Waals surface area contributed by atoms with Crippen molar-refractivity contribution in [1.29, 1.82) is 0 Å². The fraction of sp³-hybridized carbons (Fsp3) is 0.318. The number of hydrogen-bond acceptors (Lipinski definition) is 4. The molecule has 0 saturated heterocycles. The van der Waals surface area contributed by atoms with E-state index in [2.05, 4.69) is 20.6 Å². The molecule has 2 amide bonds. The quantitative estimate of drug-likeness (QED) is 0.173. The van der Waals surface area contributed by atoms with Gasteiger partial charge in [0.25, 0.3) is 11.8 Å². The molecular formula is C22H19F7IN3O3. The van der Waals surface area contributed by atoms with Crippen molar-refractivity contribution in [3.8, 4) is 0 Å². The second kappa shape index (κ2) is 11.0. The van der Waals surface area contributed by atoms with Gasteiger partial charge in [0.15, 0.2) is 0 Å². The number of aryl methyl sites for hydroxylation is 1. The van der Waals surface area contributed by atoms with E-state index >= 15 is 0 Å². The highest BCUT2D eigenvalue weighted by molar-refractivity contribution is 14.1. The molecule has 2 N–H and O–H groups in total. The van der Waals surface area contributed by atoms with Gasteiger partial charge in [0.1, 0.15) is 7.11 Å². The molecule has 2 aromatic rings. The minimum Gasteiger partial charge on any atom is -0.399 e. The molecule has 2 rings (SSSR count). The molecule has 0 saturated carbocycles. The van der Waals surface area contributed by atoms with E-state index in [1.807, 2.05) is 22.6 Å². The topological polar surface area (TPSA) is 79.8 Å². The van der Waals surface area contributed by atoms with Gasteiger partial charge >= 0.3 is 18.0 Å². The Hall–Kier alpha value is -2.91. The van der Waals surface area contributed by atoms with Crippen LogP contribution in [0.5, 0.6) is 0 Å². The van der Waals surface area contributed by atoms with Crippen LogP contribution < -0.4 is 10.6 Å². The predicted molar refractivity (Wildman–Crippen MR) is 126 cm³/mol. The number of amides is 2. The van der Waals surface area contributed by atoms with Gasteiger partial charge in [0.2, 0.25) is 0 Å². The van der Waals surface area contributed by atoms with Gasteiger partial charge in [-0.15, -0.1) is 0 Å². The number of oxime groups is 1. The zero-order chi connectivity index (χ0) is 27.5. The smallest absolute Gasteiger partial charge is 0.399 e. The van der Waals surface area contributed by atoms with E-state index in [0.29, 0.717) is 15.7 Å². The van der Waals surface area contributed by atoms with E-state index in [1.54, 1.807) is 13.0 Å². The summed E-state index contributed by atoms with van der Waals surface area (Å²) >= 11 is 1.82. The van der Waals surface area contributed by atoms with Crippen LogP contribution in [0.3, 0.4) is 0 Å². The summed E-state index contributed by atoms with van der Waals surface area (Å²) in [6, 6.07) is 5.13. The molecule has 0 fully saturated rings. The normalized spacial score (nSPS) is 13.4. The maximum Gasteiger partial charge on any atom is 0.435 e. The van der Waals surface area contributed by atoms with E-state index < -0.39 is 41.4 Å². The van der Waals surface area contributed by atoms with Crippen LogP contribution in [0.1, 0.15) is 38.8 Å². The lowest BCUT2D eigenvalue weighted by Gasteiger charge is -2.30. The first-order valence-electron chi connectivity index (χ1n) is 9.95. The number of carbonyl (C=O) groups excluding carboxylic acids is 2. The summed E-state index contributed by atoms with van der Waals surface area (Å²) in [5.74, 6) is -1.52. The average Bonchev–Trinajstić information content (AvgIpc) is 2.76. The van der Waals surface area contributed by atoms with Gasteiger partial charge in [-0.05, 0) is 60.2 Å². The van der Waals surface area contributed by atoms with E-state index in [-0.39, 0.29) is 22.4 Å². The first-order valence-corrected chi connectivity index (χ1v) is 11.0. The Morgan fingerprint density at radius 2 is 1.64 bits per heavy atom. The molecule has 196 valence electrons. The molecule has 0 heterocycles. The fourth-order valence-corrected chi connectivity index (χ4v) is 3.85. The highest BCUT2D eigenvalue weighted by Gasteiger charge is 2.73. The van der Waals surface area contributed by atoms with Gasteiger partial charge in [-0.2, -0.15) is 26.3 Å². The second-order valence-corrected chi connectivity index (χ2v) is 8.66. The summed E-state index contributed by atoms with van der Waals surface area (Å²) in [5.41, 5.74) is -7.88. The molecule has 0 aromatic heterocycles. The van der Waals surface area contributed by atoms with Gasteiger partial charge < -0.3 is 15.5 Å². The lowest BCUT2D eigenvalue weighted by Crippen LogP contribution is -2.50. The van der Waals surface area contributed by atoms with Crippen LogP contribution in [-0.2, 0) is 10.5 Å². The average molecular weight is 633 g/mol. The molecule has 0 bridgehead atoms. The maximum absolute atomic E-state index is 14.3. The standard InChI is InChI=1S/C22H19F7IN3O3/c1-11-9-13(20(23,21(24,25)26)22(27,28)29)7-8-16(11)33-18(34)14-5-4-6-15(30)17(14)19(35)32-12(2)10-31-36-3/h4-10,12H,1-3H3,(H,32,35)(H,33,34)/b31-10+. The van der Waals surface area contributed by atoms with E-state index in [9.17, 15) is 40.3 Å². The number of halogens is 8. The first-order chi connectivity index (χ1) is 16.5. The number of hydrogen-bond donors (Lipinski definition) is 2. The van der Waals surface area contributed by atoms with Crippen LogP contribution in [0.25, 0.3) is 0 Å². The number of anilines is 1. The Kier molecular flexibility index (Phi) is 8.96. The monoisotopic (exact) mass is 633 g/mol. The molecule has 1 unspecified atom stereocenters. The summed E-state index contributed by atoms with van der Waals surface area (Å²) in [4.78, 5) is 30.2. The van der Waals surface area contributed by atoms with Crippen LogP contribution >= 0.6 is 22.6 Å². The van der Waals surface area contributed by atoms with Crippen molar-refractivity contribution in [2.75, 3.05) is 12.4 Å².